The molecule has 1 heterocycles. The van der Waals surface area contributed by atoms with Crippen LogP contribution >= 0.6 is 11.6 Å². The molecule has 2 aromatic carbocycles. The van der Waals surface area contributed by atoms with Crippen molar-refractivity contribution in [2.75, 3.05) is 16.7 Å². The van der Waals surface area contributed by atoms with E-state index >= 15 is 0 Å². The molecule has 1 amide bonds. The van der Waals surface area contributed by atoms with Crippen LogP contribution in [0.15, 0.2) is 41.3 Å². The average molecular weight is 435 g/mol. The summed E-state index contributed by atoms with van der Waals surface area (Å²) < 4.78 is 33.4. The summed E-state index contributed by atoms with van der Waals surface area (Å²) in [5, 5.41) is 0.320. The van der Waals surface area contributed by atoms with Crippen molar-refractivity contribution in [3.05, 3.63) is 47.0 Å². The Hall–Kier alpha value is -2.25. The van der Waals surface area contributed by atoms with Gasteiger partial charge in [0, 0.05) is 17.6 Å². The van der Waals surface area contributed by atoms with Crippen molar-refractivity contribution >= 4 is 38.9 Å². The standard InChI is InChI=1S/C21H23ClN2O4S/c1-13-10-15-11-17(7-8-19(15)24(13)21(25)14-4-3-5-14)29(26,27)23-16-6-9-20(28-2)18(22)12-16/h6-9,11-14,23H,3-5,10H2,1-2H3/t13-/m0/s1. The minimum absolute atomic E-state index is 0.0319. The first-order chi connectivity index (χ1) is 13.8. The summed E-state index contributed by atoms with van der Waals surface area (Å²) in [7, 11) is -2.29. The lowest BCUT2D eigenvalue weighted by Crippen LogP contribution is -2.42. The number of nitrogens with one attached hydrogen (secondary N) is 1. The number of carbonyl (C=O) groups is 1. The van der Waals surface area contributed by atoms with Gasteiger partial charge in [0.15, 0.2) is 0 Å². The first-order valence-electron chi connectivity index (χ1n) is 9.62. The Morgan fingerprint density at radius 1 is 1.21 bits per heavy atom. The summed E-state index contributed by atoms with van der Waals surface area (Å²) in [4.78, 5) is 14.8. The summed E-state index contributed by atoms with van der Waals surface area (Å²) in [6, 6.07) is 9.69. The Labute approximate surface area is 175 Å². The Balaban J connectivity index is 1.59. The molecule has 6 nitrogen and oxygen atoms in total. The third-order valence-corrected chi connectivity index (χ3v) is 7.35. The van der Waals surface area contributed by atoms with Crippen LogP contribution in [0.5, 0.6) is 5.75 Å². The summed E-state index contributed by atoms with van der Waals surface area (Å²) >= 11 is 6.09. The average Bonchev–Trinajstić information content (AvgIpc) is 2.95. The highest BCUT2D eigenvalue weighted by Gasteiger charge is 2.37. The van der Waals surface area contributed by atoms with Gasteiger partial charge in [0.25, 0.3) is 10.0 Å². The molecule has 0 saturated heterocycles. The molecule has 1 aliphatic carbocycles. The second-order valence-electron chi connectivity index (χ2n) is 7.63. The van der Waals surface area contributed by atoms with E-state index in [1.165, 1.54) is 13.2 Å². The molecule has 1 aliphatic heterocycles. The van der Waals surface area contributed by atoms with Crippen molar-refractivity contribution in [1.29, 1.82) is 0 Å². The fourth-order valence-corrected chi connectivity index (χ4v) is 5.26. The molecule has 1 N–H and O–H groups in total. The number of fused-ring (bicyclic) bond motifs is 1. The van der Waals surface area contributed by atoms with Gasteiger partial charge >= 0.3 is 0 Å². The van der Waals surface area contributed by atoms with E-state index in [2.05, 4.69) is 4.72 Å². The number of benzene rings is 2. The van der Waals surface area contributed by atoms with Crippen molar-refractivity contribution in [2.45, 2.75) is 43.5 Å². The number of methoxy groups -OCH3 is 1. The summed E-state index contributed by atoms with van der Waals surface area (Å²) in [6.07, 6.45) is 3.63. The van der Waals surface area contributed by atoms with Crippen LogP contribution in [0, 0.1) is 5.92 Å². The van der Waals surface area contributed by atoms with Crippen molar-refractivity contribution in [3.8, 4) is 5.75 Å². The number of nitrogens with zero attached hydrogens (tertiary/aromatic N) is 1. The van der Waals surface area contributed by atoms with E-state index in [9.17, 15) is 13.2 Å². The molecule has 0 aromatic heterocycles. The molecule has 1 fully saturated rings. The van der Waals surface area contributed by atoms with Crippen molar-refractivity contribution in [1.82, 2.24) is 0 Å². The van der Waals surface area contributed by atoms with E-state index < -0.39 is 10.0 Å². The third-order valence-electron chi connectivity index (χ3n) is 5.67. The van der Waals surface area contributed by atoms with E-state index in [-0.39, 0.29) is 22.8 Å². The number of rotatable bonds is 5. The van der Waals surface area contributed by atoms with Crippen LogP contribution in [0.2, 0.25) is 5.02 Å². The molecular formula is C21H23ClN2O4S. The minimum Gasteiger partial charge on any atom is -0.495 e. The van der Waals surface area contributed by atoms with E-state index in [1.54, 1.807) is 30.3 Å². The quantitative estimate of drug-likeness (QED) is 0.764. The van der Waals surface area contributed by atoms with Crippen LogP contribution in [0.1, 0.15) is 31.7 Å². The maximum Gasteiger partial charge on any atom is 0.261 e. The normalized spacial score (nSPS) is 18.9. The van der Waals surface area contributed by atoms with Gasteiger partial charge in [-0.1, -0.05) is 18.0 Å². The first-order valence-corrected chi connectivity index (χ1v) is 11.5. The summed E-state index contributed by atoms with van der Waals surface area (Å²) in [6.45, 7) is 2.00. The molecule has 2 aromatic rings. The lowest BCUT2D eigenvalue weighted by Gasteiger charge is -2.32. The molecule has 8 heteroatoms. The number of halogens is 1. The van der Waals surface area contributed by atoms with Gasteiger partial charge in [0.2, 0.25) is 5.91 Å². The molecular weight excluding hydrogens is 412 g/mol. The Morgan fingerprint density at radius 2 is 1.97 bits per heavy atom. The van der Waals surface area contributed by atoms with Crippen LogP contribution in [0.25, 0.3) is 0 Å². The van der Waals surface area contributed by atoms with E-state index in [4.69, 9.17) is 16.3 Å². The Bertz CT molecular complexity index is 1070. The number of sulfonamides is 1. The minimum atomic E-state index is -3.79. The fourth-order valence-electron chi connectivity index (χ4n) is 3.91. The number of hydrogen-bond acceptors (Lipinski definition) is 4. The molecule has 4 rings (SSSR count). The van der Waals surface area contributed by atoms with Gasteiger partial charge in [-0.3, -0.25) is 9.52 Å². The molecule has 0 spiro atoms. The Morgan fingerprint density at radius 3 is 2.59 bits per heavy atom. The maximum absolute atomic E-state index is 12.9. The number of amides is 1. The zero-order chi connectivity index (χ0) is 20.8. The fraction of sp³-hybridized carbons (Fsp3) is 0.381. The summed E-state index contributed by atoms with van der Waals surface area (Å²) in [5.74, 6) is 0.731. The molecule has 0 radical (unpaired) electrons. The second-order valence-corrected chi connectivity index (χ2v) is 9.72. The van der Waals surface area contributed by atoms with Crippen molar-refractivity contribution in [2.24, 2.45) is 5.92 Å². The van der Waals surface area contributed by atoms with E-state index in [0.717, 1.165) is 30.5 Å². The van der Waals surface area contributed by atoms with Crippen LogP contribution in [-0.4, -0.2) is 27.5 Å². The molecule has 29 heavy (non-hydrogen) atoms. The highest BCUT2D eigenvalue weighted by Crippen LogP contribution is 2.38. The highest BCUT2D eigenvalue weighted by molar-refractivity contribution is 7.92. The molecule has 0 bridgehead atoms. The van der Waals surface area contributed by atoms with Gasteiger partial charge in [-0.2, -0.15) is 0 Å². The van der Waals surface area contributed by atoms with Gasteiger partial charge in [0.05, 0.1) is 22.7 Å². The second kappa shape index (κ2) is 7.54. The smallest absolute Gasteiger partial charge is 0.261 e. The van der Waals surface area contributed by atoms with Crippen LogP contribution in [0.4, 0.5) is 11.4 Å². The summed E-state index contributed by atoms with van der Waals surface area (Å²) in [5.41, 5.74) is 2.05. The van der Waals surface area contributed by atoms with E-state index in [0.29, 0.717) is 22.9 Å². The zero-order valence-electron chi connectivity index (χ0n) is 16.3. The SMILES string of the molecule is COc1ccc(NS(=O)(=O)c2ccc3c(c2)C[C@H](C)N3C(=O)C2CCC2)cc1Cl. The predicted octanol–water partition coefficient (Wildman–Crippen LogP) is 4.23. The lowest BCUT2D eigenvalue weighted by molar-refractivity contribution is -0.125. The lowest BCUT2D eigenvalue weighted by atomic mass is 9.84. The largest absolute Gasteiger partial charge is 0.495 e. The highest BCUT2D eigenvalue weighted by atomic mass is 35.5. The van der Waals surface area contributed by atoms with Crippen molar-refractivity contribution in [3.63, 3.8) is 0 Å². The number of anilines is 2. The molecule has 1 saturated carbocycles. The zero-order valence-corrected chi connectivity index (χ0v) is 17.9. The topological polar surface area (TPSA) is 75.7 Å². The van der Waals surface area contributed by atoms with Crippen LogP contribution < -0.4 is 14.4 Å². The van der Waals surface area contributed by atoms with Gasteiger partial charge in [-0.25, -0.2) is 8.42 Å². The number of ether oxygens (including phenoxy) is 1. The number of hydrogen-bond donors (Lipinski definition) is 1. The molecule has 0 unspecified atom stereocenters. The van der Waals surface area contributed by atoms with Gasteiger partial charge in [0.1, 0.15) is 5.75 Å². The van der Waals surface area contributed by atoms with Gasteiger partial charge in [-0.05, 0) is 68.1 Å². The first kappa shape index (κ1) is 20.0. The van der Waals surface area contributed by atoms with E-state index in [1.807, 2.05) is 11.8 Å². The molecule has 154 valence electrons. The van der Waals surface area contributed by atoms with Crippen LogP contribution in [0.3, 0.4) is 0 Å². The van der Waals surface area contributed by atoms with Gasteiger partial charge < -0.3 is 9.64 Å². The molecule has 1 atom stereocenters. The van der Waals surface area contributed by atoms with Gasteiger partial charge in [-0.15, -0.1) is 0 Å². The predicted molar refractivity (Wildman–Crippen MR) is 113 cm³/mol. The third kappa shape index (κ3) is 3.69. The maximum atomic E-state index is 12.9. The Kier molecular flexibility index (Phi) is 5.21. The number of carbonyl (C=O) groups excluding carboxylic acids is 1. The van der Waals surface area contributed by atoms with Crippen LogP contribution in [-0.2, 0) is 21.2 Å². The van der Waals surface area contributed by atoms with Crippen molar-refractivity contribution < 1.29 is 17.9 Å². The molecule has 2 aliphatic rings. The monoisotopic (exact) mass is 434 g/mol.